The summed E-state index contributed by atoms with van der Waals surface area (Å²) in [5, 5.41) is 57.9. The molecule has 9 aromatic rings. The molecular formula is C46H32N10O30S9. The third kappa shape index (κ3) is 14.8. The van der Waals surface area contributed by atoms with E-state index in [-0.39, 0.29) is 17.1 Å². The number of anilines is 2. The molecule has 95 heavy (non-hydrogen) atoms. The average molecular weight is 1490 g/mol. The predicted molar refractivity (Wildman–Crippen MR) is 321 cm³/mol. The van der Waals surface area contributed by atoms with Gasteiger partial charge in [-0.25, -0.2) is 0 Å². The number of aromatic hydroxyl groups is 3. The number of nitrogen functional groups attached to an aromatic ring is 2. The van der Waals surface area contributed by atoms with E-state index in [9.17, 15) is 119 Å². The van der Waals surface area contributed by atoms with Crippen LogP contribution < -0.4 is 11.5 Å². The summed E-state index contributed by atoms with van der Waals surface area (Å²) in [5.41, 5.74) is 2.52. The monoisotopic (exact) mass is 1490 g/mol. The fraction of sp³-hybridized carbons (Fsp3) is 0. The number of nitrogens with two attached hydrogens (primary N) is 2. The minimum atomic E-state index is -5.86. The largest absolute Gasteiger partial charge is 0.505 e. The Balaban J connectivity index is 0.00000281. The van der Waals surface area contributed by atoms with E-state index < -0.39 is 237 Å². The van der Waals surface area contributed by atoms with E-state index in [0.29, 0.717) is 42.5 Å². The SMILES string of the molecule is Nc1ccc(N=Nc2ccc3cc(S(=O)(=O)O)c(N=Nc4c(S(=O)(=O)O)cc5cc(S(=O)(=O)O)c(N=Nc6ccc7c(O)c(N=Nc8ccc9c(S(=O)(=O)O)cccc9c8S(=O)(=O)O)c(S(=O)(=O)O)cc7c6S(=O)(=O)O)c(N)c5c4O)cc3c2O)c(S(=O)(=O)O)c1.O=S(=O)=O. The molecule has 49 heteroatoms. The highest BCUT2D eigenvalue weighted by atomic mass is 32.3. The zero-order valence-corrected chi connectivity index (χ0v) is 52.7. The standard InChI is InChI=1S/C46H32N10O27S8.O3S/c47-20-5-9-26(33(15-20)86(66,67)68)49-50-27-8-4-18-12-32(85(63,64)65)30(16-24(18)42(27)57)53-56-41-35(88(72,73)74)14-19-13-34(87(69,70)71)39(38(48)37(19)44(41)59)54-51-29-11-7-22-25(46(29)91(81,82)83)17-36(89(75,76)77)40(43(22)58)55-52-28-10-6-21-23(45(28)90(78,79)80)2-1-3-31(21)84(60,61)62;1-4(2)3/h1-17,57-59H,47-48H2,(H,60,61,62)(H,63,64,65)(H,66,67,68)(H,69,70,71)(H,72,73,74)(H,75,76,77)(H,78,79,80)(H,81,82,83);. The van der Waals surface area contributed by atoms with Gasteiger partial charge in [-0.3, -0.25) is 36.4 Å². The molecule has 15 N–H and O–H groups in total. The van der Waals surface area contributed by atoms with Crippen LogP contribution in [0.25, 0.3) is 43.1 Å². The second kappa shape index (κ2) is 24.9. The molecule has 0 heterocycles. The van der Waals surface area contributed by atoms with E-state index in [1.54, 1.807) is 0 Å². The second-order valence-electron chi connectivity index (χ2n) is 18.7. The number of azo groups is 4. The highest BCUT2D eigenvalue weighted by Gasteiger charge is 2.32. The van der Waals surface area contributed by atoms with Crippen LogP contribution in [-0.2, 0) is 91.6 Å². The smallest absolute Gasteiger partial charge is 0.425 e. The van der Waals surface area contributed by atoms with Crippen molar-refractivity contribution in [3.05, 3.63) is 103 Å². The van der Waals surface area contributed by atoms with Crippen LogP contribution in [0.2, 0.25) is 0 Å². The maximum atomic E-state index is 13.2. The van der Waals surface area contributed by atoms with Crippen molar-refractivity contribution in [1.29, 1.82) is 0 Å². The molecule has 9 aromatic carbocycles. The summed E-state index contributed by atoms with van der Waals surface area (Å²) < 4.78 is 309. The molecule has 0 spiro atoms. The van der Waals surface area contributed by atoms with Gasteiger partial charge < -0.3 is 26.8 Å². The van der Waals surface area contributed by atoms with Crippen molar-refractivity contribution in [2.24, 2.45) is 40.9 Å². The Morgan fingerprint density at radius 2 is 0.705 bits per heavy atom. The lowest BCUT2D eigenvalue weighted by molar-refractivity contribution is 0.471. The van der Waals surface area contributed by atoms with Crippen LogP contribution in [0.15, 0.2) is 183 Å². The maximum absolute atomic E-state index is 13.2. The molecule has 0 aliphatic heterocycles. The molecule has 0 fully saturated rings. The van der Waals surface area contributed by atoms with Gasteiger partial charge in [-0.2, -0.15) is 67.3 Å². The number of phenols is 3. The summed E-state index contributed by atoms with van der Waals surface area (Å²) in [5.74, 6) is -3.84. The summed E-state index contributed by atoms with van der Waals surface area (Å²) in [6.07, 6.45) is 0. The molecule has 0 aromatic heterocycles. The van der Waals surface area contributed by atoms with E-state index in [1.807, 2.05) is 0 Å². The van der Waals surface area contributed by atoms with Crippen molar-refractivity contribution in [3.8, 4) is 17.2 Å². The Hall–Kier alpha value is -9.68. The van der Waals surface area contributed by atoms with E-state index in [1.165, 1.54) is 6.07 Å². The Bertz CT molecular complexity index is 6150. The zero-order chi connectivity index (χ0) is 71.0. The lowest BCUT2D eigenvalue weighted by Gasteiger charge is -2.15. The van der Waals surface area contributed by atoms with Gasteiger partial charge in [-0.1, -0.05) is 24.3 Å². The van der Waals surface area contributed by atoms with Crippen molar-refractivity contribution in [2.45, 2.75) is 39.2 Å². The molecule has 0 radical (unpaired) electrons. The van der Waals surface area contributed by atoms with Gasteiger partial charge in [0.2, 0.25) is 0 Å². The van der Waals surface area contributed by atoms with Gasteiger partial charge in [0.15, 0.2) is 17.2 Å². The van der Waals surface area contributed by atoms with Crippen LogP contribution >= 0.6 is 0 Å². The number of benzene rings is 9. The zero-order valence-electron chi connectivity index (χ0n) is 45.4. The second-order valence-corrected chi connectivity index (χ2v) is 30.1. The molecule has 500 valence electrons. The maximum Gasteiger partial charge on any atom is 0.425 e. The van der Waals surface area contributed by atoms with Crippen LogP contribution in [0.1, 0.15) is 0 Å². The van der Waals surface area contributed by atoms with Crippen LogP contribution in [0.3, 0.4) is 0 Å². The molecule has 0 amide bonds. The van der Waals surface area contributed by atoms with Gasteiger partial charge in [0, 0.05) is 32.6 Å². The first-order chi connectivity index (χ1) is 43.5. The van der Waals surface area contributed by atoms with Gasteiger partial charge in [-0.15, -0.1) is 53.5 Å². The third-order valence-electron chi connectivity index (χ3n) is 12.7. The first-order valence-corrected chi connectivity index (χ1v) is 36.5. The van der Waals surface area contributed by atoms with E-state index >= 15 is 0 Å². The molecule has 9 rings (SSSR count). The Labute approximate surface area is 531 Å². The molecule has 0 aliphatic carbocycles. The molecule has 0 atom stereocenters. The average Bonchev–Trinajstić information content (AvgIpc) is 0.750. The Kier molecular flexibility index (Phi) is 18.7. The minimum absolute atomic E-state index is 0.120. The number of hydrogen-bond donors (Lipinski definition) is 13. The minimum Gasteiger partial charge on any atom is -0.505 e. The first kappa shape index (κ1) is 71.2. The fourth-order valence-electron chi connectivity index (χ4n) is 8.91. The predicted octanol–water partition coefficient (Wildman–Crippen LogP) is 7.21. The topological polar surface area (TPSA) is 698 Å². The van der Waals surface area contributed by atoms with Gasteiger partial charge in [-0.05, 0) is 89.6 Å². The van der Waals surface area contributed by atoms with Crippen LogP contribution in [0.4, 0.5) is 56.9 Å². The van der Waals surface area contributed by atoms with Gasteiger partial charge in [0.25, 0.3) is 80.9 Å². The highest BCUT2D eigenvalue weighted by molar-refractivity contribution is 7.88. The van der Waals surface area contributed by atoms with Crippen molar-refractivity contribution < 1.29 is 132 Å². The molecule has 0 saturated carbocycles. The quantitative estimate of drug-likeness (QED) is 0.0258. The van der Waals surface area contributed by atoms with Crippen molar-refractivity contribution >= 4 is 192 Å². The van der Waals surface area contributed by atoms with E-state index in [0.717, 1.165) is 48.5 Å². The van der Waals surface area contributed by atoms with Crippen LogP contribution in [0, 0.1) is 0 Å². The molecular weight excluding hydrogens is 1460 g/mol. The normalized spacial score (nSPS) is 13.3. The van der Waals surface area contributed by atoms with Gasteiger partial charge >= 0.3 is 10.6 Å². The molecule has 0 saturated heterocycles. The summed E-state index contributed by atoms with van der Waals surface area (Å²) in [6.45, 7) is 0. The third-order valence-corrected chi connectivity index (χ3v) is 19.9. The summed E-state index contributed by atoms with van der Waals surface area (Å²) >= 11 is 0. The van der Waals surface area contributed by atoms with Gasteiger partial charge in [0.1, 0.15) is 84.7 Å². The van der Waals surface area contributed by atoms with Crippen LogP contribution in [0.5, 0.6) is 17.2 Å². The van der Waals surface area contributed by atoms with Crippen LogP contribution in [-0.4, -0.2) is 132 Å². The highest BCUT2D eigenvalue weighted by Crippen LogP contribution is 2.51. The van der Waals surface area contributed by atoms with Crippen molar-refractivity contribution in [1.82, 2.24) is 0 Å². The summed E-state index contributed by atoms with van der Waals surface area (Å²) in [7, 11) is -47.1. The fourth-order valence-corrected chi connectivity index (χ4v) is 14.5. The first-order valence-electron chi connectivity index (χ1n) is 23.9. The lowest BCUT2D eigenvalue weighted by Crippen LogP contribution is -2.04. The van der Waals surface area contributed by atoms with Gasteiger partial charge in [0.05, 0.1) is 11.1 Å². The van der Waals surface area contributed by atoms with Crippen molar-refractivity contribution in [3.63, 3.8) is 0 Å². The lowest BCUT2D eigenvalue weighted by atomic mass is 10.0. The molecule has 0 bridgehead atoms. The number of phenolic OH excluding ortho intramolecular Hbond substituents is 3. The molecule has 0 unspecified atom stereocenters. The Morgan fingerprint density at radius 1 is 0.305 bits per heavy atom. The molecule has 40 nitrogen and oxygen atoms in total. The number of rotatable bonds is 16. The van der Waals surface area contributed by atoms with E-state index in [4.69, 9.17) is 24.1 Å². The molecule has 0 aliphatic rings. The van der Waals surface area contributed by atoms with Crippen molar-refractivity contribution in [2.75, 3.05) is 11.5 Å². The number of fused-ring (bicyclic) bond motifs is 4. The summed E-state index contributed by atoms with van der Waals surface area (Å²) in [4.78, 5) is -10.1. The Morgan fingerprint density at radius 3 is 1.22 bits per heavy atom. The summed E-state index contributed by atoms with van der Waals surface area (Å²) in [6, 6.07) is 13.0. The number of nitrogens with zero attached hydrogens (tertiary/aromatic N) is 8. The number of hydrogen-bond acceptors (Lipinski definition) is 32. The van der Waals surface area contributed by atoms with E-state index in [2.05, 4.69) is 40.9 Å².